The number of ether oxygens (including phenoxy) is 1. The van der Waals surface area contributed by atoms with Crippen LogP contribution in [0.5, 0.6) is 0 Å². The van der Waals surface area contributed by atoms with E-state index in [1.165, 1.54) is 4.90 Å². The number of carbonyl (C=O) groups is 1. The molecule has 1 fully saturated rings. The molecule has 1 aromatic carbocycles. The summed E-state index contributed by atoms with van der Waals surface area (Å²) in [4.78, 5) is 13.6. The van der Waals surface area contributed by atoms with Crippen LogP contribution < -0.4 is 11.1 Å². The SMILES string of the molecule is CC(C)(C)OC(=O)N1C[C@@H](O)[C@H](NCc2ccccc2N)C1. The molecular formula is C16H25N3O3. The molecule has 1 aliphatic heterocycles. The second kappa shape index (κ2) is 6.54. The van der Waals surface area contributed by atoms with Crippen LogP contribution in [0.3, 0.4) is 0 Å². The van der Waals surface area contributed by atoms with Gasteiger partial charge in [-0.1, -0.05) is 18.2 Å². The van der Waals surface area contributed by atoms with Crippen LogP contribution >= 0.6 is 0 Å². The van der Waals surface area contributed by atoms with Crippen molar-refractivity contribution in [1.82, 2.24) is 10.2 Å². The molecule has 2 atom stereocenters. The summed E-state index contributed by atoms with van der Waals surface area (Å²) >= 11 is 0. The fourth-order valence-corrected chi connectivity index (χ4v) is 2.40. The predicted octanol–water partition coefficient (Wildman–Crippen LogP) is 1.34. The van der Waals surface area contributed by atoms with Gasteiger partial charge in [0.25, 0.3) is 0 Å². The van der Waals surface area contributed by atoms with Crippen LogP contribution in [0.2, 0.25) is 0 Å². The molecule has 6 nitrogen and oxygen atoms in total. The number of aliphatic hydroxyl groups is 1. The number of nitrogen functional groups attached to an aromatic ring is 1. The van der Waals surface area contributed by atoms with Crippen molar-refractivity contribution in [3.63, 3.8) is 0 Å². The number of benzene rings is 1. The first-order chi connectivity index (χ1) is 10.3. The molecule has 1 aliphatic rings. The second-order valence-electron chi connectivity index (χ2n) is 6.64. The van der Waals surface area contributed by atoms with Gasteiger partial charge in [-0.25, -0.2) is 4.79 Å². The summed E-state index contributed by atoms with van der Waals surface area (Å²) < 4.78 is 5.33. The molecule has 22 heavy (non-hydrogen) atoms. The van der Waals surface area contributed by atoms with Gasteiger partial charge in [0, 0.05) is 18.8 Å². The fraction of sp³-hybridized carbons (Fsp3) is 0.562. The Morgan fingerprint density at radius 2 is 2.09 bits per heavy atom. The van der Waals surface area contributed by atoms with E-state index in [2.05, 4.69) is 5.32 Å². The lowest BCUT2D eigenvalue weighted by atomic mass is 10.1. The van der Waals surface area contributed by atoms with Crippen molar-refractivity contribution in [2.75, 3.05) is 18.8 Å². The third kappa shape index (κ3) is 4.35. The van der Waals surface area contributed by atoms with Crippen molar-refractivity contribution in [3.8, 4) is 0 Å². The summed E-state index contributed by atoms with van der Waals surface area (Å²) in [5, 5.41) is 13.4. The van der Waals surface area contributed by atoms with Gasteiger partial charge in [0.1, 0.15) is 5.60 Å². The molecule has 0 aliphatic carbocycles. The molecule has 1 saturated heterocycles. The number of amides is 1. The normalized spacial score (nSPS) is 21.9. The maximum Gasteiger partial charge on any atom is 0.410 e. The number of aliphatic hydroxyl groups excluding tert-OH is 1. The number of nitrogens with one attached hydrogen (secondary N) is 1. The van der Waals surface area contributed by atoms with Crippen LogP contribution in [0.4, 0.5) is 10.5 Å². The van der Waals surface area contributed by atoms with Gasteiger partial charge >= 0.3 is 6.09 Å². The monoisotopic (exact) mass is 307 g/mol. The maximum absolute atomic E-state index is 12.0. The number of nitrogens with zero attached hydrogens (tertiary/aromatic N) is 1. The van der Waals surface area contributed by atoms with Crippen LogP contribution in [0.1, 0.15) is 26.3 Å². The molecule has 0 bridgehead atoms. The van der Waals surface area contributed by atoms with Gasteiger partial charge in [0.05, 0.1) is 18.7 Å². The standard InChI is InChI=1S/C16H25N3O3/c1-16(2,3)22-15(21)19-9-13(14(20)10-19)18-8-11-6-4-5-7-12(11)17/h4-7,13-14,18,20H,8-10,17H2,1-3H3/t13-,14-/m1/s1. The maximum atomic E-state index is 12.0. The average molecular weight is 307 g/mol. The van der Waals surface area contributed by atoms with E-state index in [1.54, 1.807) is 0 Å². The number of anilines is 1. The summed E-state index contributed by atoms with van der Waals surface area (Å²) in [5.74, 6) is 0. The van der Waals surface area contributed by atoms with E-state index in [9.17, 15) is 9.90 Å². The van der Waals surface area contributed by atoms with E-state index in [0.29, 0.717) is 18.8 Å². The van der Waals surface area contributed by atoms with Gasteiger partial charge in [0.15, 0.2) is 0 Å². The van der Waals surface area contributed by atoms with Crippen LogP contribution in [-0.4, -0.2) is 46.9 Å². The van der Waals surface area contributed by atoms with Gasteiger partial charge in [-0.05, 0) is 32.4 Å². The minimum absolute atomic E-state index is 0.188. The zero-order valence-corrected chi connectivity index (χ0v) is 13.4. The number of carbonyl (C=O) groups excluding carboxylic acids is 1. The molecule has 0 unspecified atom stereocenters. The molecule has 1 aromatic rings. The molecular weight excluding hydrogens is 282 g/mol. The van der Waals surface area contributed by atoms with Crippen molar-refractivity contribution in [2.24, 2.45) is 0 Å². The molecule has 4 N–H and O–H groups in total. The highest BCUT2D eigenvalue weighted by molar-refractivity contribution is 5.68. The molecule has 122 valence electrons. The zero-order chi connectivity index (χ0) is 16.3. The highest BCUT2D eigenvalue weighted by atomic mass is 16.6. The Bertz CT molecular complexity index is 528. The fourth-order valence-electron chi connectivity index (χ4n) is 2.40. The molecule has 0 saturated carbocycles. The number of hydrogen-bond acceptors (Lipinski definition) is 5. The molecule has 2 rings (SSSR count). The van der Waals surface area contributed by atoms with Crippen molar-refractivity contribution in [2.45, 2.75) is 45.1 Å². The van der Waals surface area contributed by atoms with E-state index in [1.807, 2.05) is 45.0 Å². The summed E-state index contributed by atoms with van der Waals surface area (Å²) in [6.07, 6.45) is -1.01. The molecule has 0 spiro atoms. The molecule has 0 aromatic heterocycles. The van der Waals surface area contributed by atoms with Crippen molar-refractivity contribution in [3.05, 3.63) is 29.8 Å². The lowest BCUT2D eigenvalue weighted by molar-refractivity contribution is 0.0270. The van der Waals surface area contributed by atoms with E-state index in [4.69, 9.17) is 10.5 Å². The lowest BCUT2D eigenvalue weighted by Gasteiger charge is -2.24. The summed E-state index contributed by atoms with van der Waals surface area (Å²) in [6, 6.07) is 7.40. The van der Waals surface area contributed by atoms with Crippen molar-refractivity contribution < 1.29 is 14.6 Å². The minimum Gasteiger partial charge on any atom is -0.444 e. The Hall–Kier alpha value is -1.79. The highest BCUT2D eigenvalue weighted by Crippen LogP contribution is 2.17. The van der Waals surface area contributed by atoms with Crippen LogP contribution in [0.25, 0.3) is 0 Å². The Kier molecular flexibility index (Phi) is 4.93. The Labute approximate surface area is 131 Å². The van der Waals surface area contributed by atoms with Gasteiger partial charge in [0.2, 0.25) is 0 Å². The molecule has 0 radical (unpaired) electrons. The summed E-state index contributed by atoms with van der Waals surface area (Å²) in [6.45, 7) is 6.72. The number of hydrogen-bond donors (Lipinski definition) is 3. The molecule has 1 heterocycles. The van der Waals surface area contributed by atoms with Gasteiger partial charge in [-0.15, -0.1) is 0 Å². The quantitative estimate of drug-likeness (QED) is 0.734. The van der Waals surface area contributed by atoms with E-state index >= 15 is 0 Å². The Morgan fingerprint density at radius 1 is 1.41 bits per heavy atom. The van der Waals surface area contributed by atoms with Gasteiger partial charge < -0.3 is 25.8 Å². The topological polar surface area (TPSA) is 87.8 Å². The number of likely N-dealkylation sites (tertiary alicyclic amines) is 1. The Morgan fingerprint density at radius 3 is 2.73 bits per heavy atom. The summed E-state index contributed by atoms with van der Waals surface area (Å²) in [7, 11) is 0. The number of para-hydroxylation sites is 1. The number of rotatable bonds is 3. The van der Waals surface area contributed by atoms with Gasteiger partial charge in [-0.3, -0.25) is 0 Å². The van der Waals surface area contributed by atoms with Crippen molar-refractivity contribution in [1.29, 1.82) is 0 Å². The minimum atomic E-state index is -0.613. The van der Waals surface area contributed by atoms with Gasteiger partial charge in [-0.2, -0.15) is 0 Å². The highest BCUT2D eigenvalue weighted by Gasteiger charge is 2.35. The van der Waals surface area contributed by atoms with E-state index in [-0.39, 0.29) is 12.6 Å². The molecule has 1 amide bonds. The molecule has 6 heteroatoms. The number of nitrogens with two attached hydrogens (primary N) is 1. The van der Waals surface area contributed by atoms with Crippen molar-refractivity contribution >= 4 is 11.8 Å². The van der Waals surface area contributed by atoms with Crippen LogP contribution in [0.15, 0.2) is 24.3 Å². The summed E-state index contributed by atoms with van der Waals surface area (Å²) in [5.41, 5.74) is 7.05. The average Bonchev–Trinajstić information content (AvgIpc) is 2.78. The van der Waals surface area contributed by atoms with Crippen LogP contribution in [0, 0.1) is 0 Å². The van der Waals surface area contributed by atoms with E-state index in [0.717, 1.165) is 5.56 Å². The largest absolute Gasteiger partial charge is 0.444 e. The Balaban J connectivity index is 1.89. The first kappa shape index (κ1) is 16.6. The second-order valence-corrected chi connectivity index (χ2v) is 6.64. The first-order valence-electron chi connectivity index (χ1n) is 7.49. The van der Waals surface area contributed by atoms with Crippen LogP contribution in [-0.2, 0) is 11.3 Å². The number of β-amino-alcohol motifs (C(OH)–C–C–N with tert-alkyl or cyclic N) is 1. The smallest absolute Gasteiger partial charge is 0.410 e. The zero-order valence-electron chi connectivity index (χ0n) is 13.4. The first-order valence-corrected chi connectivity index (χ1v) is 7.49. The lowest BCUT2D eigenvalue weighted by Crippen LogP contribution is -2.39. The third-order valence-corrected chi connectivity index (χ3v) is 3.55. The predicted molar refractivity (Wildman–Crippen MR) is 85.3 cm³/mol. The third-order valence-electron chi connectivity index (χ3n) is 3.55. The van der Waals surface area contributed by atoms with E-state index < -0.39 is 17.8 Å².